The molecular formula is C12H18N2OS. The molecule has 1 fully saturated rings. The SMILES string of the molecule is Cc1cc(CNCC(=O)NC2CC2)sc1C. The predicted octanol–water partition coefficient (Wildman–Crippen LogP) is 1.73. The molecule has 2 rings (SSSR count). The summed E-state index contributed by atoms with van der Waals surface area (Å²) >= 11 is 1.80. The lowest BCUT2D eigenvalue weighted by atomic mass is 10.3. The Kier molecular flexibility index (Phi) is 3.61. The van der Waals surface area contributed by atoms with E-state index >= 15 is 0 Å². The summed E-state index contributed by atoms with van der Waals surface area (Å²) < 4.78 is 0. The van der Waals surface area contributed by atoms with E-state index in [1.807, 2.05) is 0 Å². The van der Waals surface area contributed by atoms with E-state index in [9.17, 15) is 4.79 Å². The Labute approximate surface area is 100 Å². The van der Waals surface area contributed by atoms with E-state index in [1.165, 1.54) is 15.3 Å². The molecule has 0 radical (unpaired) electrons. The van der Waals surface area contributed by atoms with Crippen LogP contribution in [-0.4, -0.2) is 18.5 Å². The maximum Gasteiger partial charge on any atom is 0.234 e. The first-order valence-corrected chi connectivity index (χ1v) is 6.53. The van der Waals surface area contributed by atoms with Crippen LogP contribution in [0.4, 0.5) is 0 Å². The van der Waals surface area contributed by atoms with Crippen molar-refractivity contribution in [3.8, 4) is 0 Å². The summed E-state index contributed by atoms with van der Waals surface area (Å²) in [6.07, 6.45) is 2.30. The van der Waals surface area contributed by atoms with Gasteiger partial charge in [0.05, 0.1) is 6.54 Å². The molecule has 0 saturated heterocycles. The minimum Gasteiger partial charge on any atom is -0.352 e. The standard InChI is InChI=1S/C12H18N2OS/c1-8-5-11(16-9(8)2)6-13-7-12(15)14-10-3-4-10/h5,10,13H,3-4,6-7H2,1-2H3,(H,14,15). The molecule has 0 bridgehead atoms. The summed E-state index contributed by atoms with van der Waals surface area (Å²) in [6, 6.07) is 2.65. The zero-order valence-corrected chi connectivity index (χ0v) is 10.6. The minimum absolute atomic E-state index is 0.118. The highest BCUT2D eigenvalue weighted by molar-refractivity contribution is 7.12. The lowest BCUT2D eigenvalue weighted by Crippen LogP contribution is -2.34. The van der Waals surface area contributed by atoms with Crippen LogP contribution in [0, 0.1) is 13.8 Å². The van der Waals surface area contributed by atoms with Crippen LogP contribution in [0.15, 0.2) is 6.07 Å². The molecule has 1 saturated carbocycles. The normalized spacial score (nSPS) is 15.1. The first-order chi connectivity index (χ1) is 7.65. The van der Waals surface area contributed by atoms with Crippen molar-refractivity contribution in [2.24, 2.45) is 0 Å². The summed E-state index contributed by atoms with van der Waals surface area (Å²) in [5, 5.41) is 6.13. The van der Waals surface area contributed by atoms with E-state index < -0.39 is 0 Å². The first kappa shape index (κ1) is 11.6. The van der Waals surface area contributed by atoms with Gasteiger partial charge in [-0.1, -0.05) is 0 Å². The molecule has 1 aromatic heterocycles. The lowest BCUT2D eigenvalue weighted by Gasteiger charge is -2.03. The summed E-state index contributed by atoms with van der Waals surface area (Å²) in [6.45, 7) is 5.46. The second-order valence-electron chi connectivity index (χ2n) is 4.40. The Balaban J connectivity index is 1.68. The van der Waals surface area contributed by atoms with Gasteiger partial charge in [0.25, 0.3) is 0 Å². The van der Waals surface area contributed by atoms with Crippen LogP contribution in [0.2, 0.25) is 0 Å². The predicted molar refractivity (Wildman–Crippen MR) is 66.7 cm³/mol. The molecule has 16 heavy (non-hydrogen) atoms. The molecule has 0 atom stereocenters. The molecular weight excluding hydrogens is 220 g/mol. The summed E-state index contributed by atoms with van der Waals surface area (Å²) in [5.41, 5.74) is 1.34. The van der Waals surface area contributed by atoms with Crippen molar-refractivity contribution in [3.05, 3.63) is 21.4 Å². The fourth-order valence-corrected chi connectivity index (χ4v) is 2.57. The van der Waals surface area contributed by atoms with E-state index in [4.69, 9.17) is 0 Å². The van der Waals surface area contributed by atoms with Crippen LogP contribution in [-0.2, 0) is 11.3 Å². The van der Waals surface area contributed by atoms with E-state index in [0.717, 1.165) is 19.4 Å². The van der Waals surface area contributed by atoms with E-state index in [1.54, 1.807) is 11.3 Å². The summed E-state index contributed by atoms with van der Waals surface area (Å²) in [4.78, 5) is 14.0. The number of aryl methyl sites for hydroxylation is 2. The van der Waals surface area contributed by atoms with Crippen LogP contribution in [0.3, 0.4) is 0 Å². The molecule has 88 valence electrons. The molecule has 4 heteroatoms. The van der Waals surface area contributed by atoms with Crippen molar-refractivity contribution in [1.82, 2.24) is 10.6 Å². The third-order valence-electron chi connectivity index (χ3n) is 2.74. The second-order valence-corrected chi connectivity index (χ2v) is 5.74. The van der Waals surface area contributed by atoms with Crippen molar-refractivity contribution in [2.45, 2.75) is 39.3 Å². The number of nitrogens with one attached hydrogen (secondary N) is 2. The maximum atomic E-state index is 11.4. The van der Waals surface area contributed by atoms with Crippen LogP contribution < -0.4 is 10.6 Å². The Morgan fingerprint density at radius 1 is 1.50 bits per heavy atom. The van der Waals surface area contributed by atoms with E-state index in [2.05, 4.69) is 30.5 Å². The molecule has 1 aliphatic carbocycles. The maximum absolute atomic E-state index is 11.4. The van der Waals surface area contributed by atoms with Gasteiger partial charge in [0.15, 0.2) is 0 Å². The van der Waals surface area contributed by atoms with Crippen molar-refractivity contribution in [1.29, 1.82) is 0 Å². The number of hydrogen-bond acceptors (Lipinski definition) is 3. The van der Waals surface area contributed by atoms with Gasteiger partial charge in [0.1, 0.15) is 0 Å². The molecule has 1 aromatic rings. The number of thiophene rings is 1. The van der Waals surface area contributed by atoms with E-state index in [-0.39, 0.29) is 5.91 Å². The van der Waals surface area contributed by atoms with Crippen molar-refractivity contribution < 1.29 is 4.79 Å². The van der Waals surface area contributed by atoms with Gasteiger partial charge in [-0.3, -0.25) is 4.79 Å². The van der Waals surface area contributed by atoms with Crippen LogP contribution in [0.5, 0.6) is 0 Å². The number of hydrogen-bond donors (Lipinski definition) is 2. The minimum atomic E-state index is 0.118. The molecule has 0 spiro atoms. The third-order valence-corrected chi connectivity index (χ3v) is 3.90. The third kappa shape index (κ3) is 3.32. The molecule has 1 amide bonds. The van der Waals surface area contributed by atoms with Crippen molar-refractivity contribution >= 4 is 17.2 Å². The van der Waals surface area contributed by atoms with Gasteiger partial charge in [-0.2, -0.15) is 0 Å². The fourth-order valence-electron chi connectivity index (χ4n) is 1.54. The molecule has 0 unspecified atom stereocenters. The highest BCUT2D eigenvalue weighted by atomic mass is 32.1. The zero-order valence-electron chi connectivity index (χ0n) is 9.80. The first-order valence-electron chi connectivity index (χ1n) is 5.71. The van der Waals surface area contributed by atoms with Crippen LogP contribution >= 0.6 is 11.3 Å². The Hall–Kier alpha value is -0.870. The lowest BCUT2D eigenvalue weighted by molar-refractivity contribution is -0.120. The summed E-state index contributed by atoms with van der Waals surface area (Å²) in [5.74, 6) is 0.118. The van der Waals surface area contributed by atoms with E-state index in [0.29, 0.717) is 12.6 Å². The zero-order chi connectivity index (χ0) is 11.5. The Bertz CT molecular complexity index is 363. The molecule has 1 aliphatic rings. The average molecular weight is 238 g/mol. The van der Waals surface area contributed by atoms with Gasteiger partial charge >= 0.3 is 0 Å². The molecule has 0 aliphatic heterocycles. The molecule has 1 heterocycles. The number of carbonyl (C=O) groups is 1. The molecule has 2 N–H and O–H groups in total. The van der Waals surface area contributed by atoms with Crippen LogP contribution in [0.25, 0.3) is 0 Å². The van der Waals surface area contributed by atoms with Crippen molar-refractivity contribution in [3.63, 3.8) is 0 Å². The largest absolute Gasteiger partial charge is 0.352 e. The average Bonchev–Trinajstić information content (AvgIpc) is 2.95. The van der Waals surface area contributed by atoms with Gasteiger partial charge in [-0.05, 0) is 38.3 Å². The van der Waals surface area contributed by atoms with Crippen molar-refractivity contribution in [2.75, 3.05) is 6.54 Å². The summed E-state index contributed by atoms with van der Waals surface area (Å²) in [7, 11) is 0. The monoisotopic (exact) mass is 238 g/mol. The molecule has 3 nitrogen and oxygen atoms in total. The Morgan fingerprint density at radius 2 is 2.25 bits per heavy atom. The quantitative estimate of drug-likeness (QED) is 0.820. The fraction of sp³-hybridized carbons (Fsp3) is 0.583. The highest BCUT2D eigenvalue weighted by Gasteiger charge is 2.22. The van der Waals surface area contributed by atoms with Gasteiger partial charge < -0.3 is 10.6 Å². The van der Waals surface area contributed by atoms with Gasteiger partial charge in [-0.15, -0.1) is 11.3 Å². The second kappa shape index (κ2) is 4.97. The number of carbonyl (C=O) groups excluding carboxylic acids is 1. The topological polar surface area (TPSA) is 41.1 Å². The van der Waals surface area contributed by atoms with Gasteiger partial charge in [0.2, 0.25) is 5.91 Å². The van der Waals surface area contributed by atoms with Gasteiger partial charge in [0, 0.05) is 22.3 Å². The number of amides is 1. The van der Waals surface area contributed by atoms with Crippen LogP contribution in [0.1, 0.15) is 28.2 Å². The Morgan fingerprint density at radius 3 is 2.81 bits per heavy atom. The molecule has 0 aromatic carbocycles. The smallest absolute Gasteiger partial charge is 0.234 e. The number of rotatable bonds is 5. The highest BCUT2D eigenvalue weighted by Crippen LogP contribution is 2.20. The van der Waals surface area contributed by atoms with Gasteiger partial charge in [-0.25, -0.2) is 0 Å².